The Hall–Kier alpha value is -3.30. The van der Waals surface area contributed by atoms with Gasteiger partial charge in [0.1, 0.15) is 23.8 Å². The number of nitrogens with zero attached hydrogens (tertiary/aromatic N) is 1. The molecule has 32 heavy (non-hydrogen) atoms. The van der Waals surface area contributed by atoms with Crippen LogP contribution in [0.1, 0.15) is 17.5 Å². The monoisotopic (exact) mass is 456 g/mol. The highest BCUT2D eigenvalue weighted by molar-refractivity contribution is 7.80. The summed E-state index contributed by atoms with van der Waals surface area (Å²) in [6, 6.07) is 11.1. The number of thiocarbonyl (C=S) groups is 1. The molecule has 1 saturated heterocycles. The van der Waals surface area contributed by atoms with Crippen LogP contribution in [0.2, 0.25) is 0 Å². The second-order valence-electron chi connectivity index (χ2n) is 7.17. The van der Waals surface area contributed by atoms with Crippen LogP contribution in [0.3, 0.4) is 0 Å². The van der Waals surface area contributed by atoms with Gasteiger partial charge in [-0.15, -0.1) is 0 Å². The van der Waals surface area contributed by atoms with Crippen molar-refractivity contribution in [2.24, 2.45) is 0 Å². The molecule has 0 spiro atoms. The molecule has 0 aromatic heterocycles. The van der Waals surface area contributed by atoms with Gasteiger partial charge in [-0.25, -0.2) is 0 Å². The van der Waals surface area contributed by atoms with E-state index >= 15 is 0 Å². The van der Waals surface area contributed by atoms with Crippen LogP contribution >= 0.6 is 12.2 Å². The number of carbonyl (C=O) groups is 1. The van der Waals surface area contributed by atoms with E-state index < -0.39 is 0 Å². The molecule has 0 bridgehead atoms. The van der Waals surface area contributed by atoms with Gasteiger partial charge in [0.05, 0.1) is 7.11 Å². The predicted octanol–water partition coefficient (Wildman–Crippen LogP) is 3.10. The lowest BCUT2D eigenvalue weighted by Gasteiger charge is -2.13. The van der Waals surface area contributed by atoms with Crippen LogP contribution in [0, 0.1) is 0 Å². The summed E-state index contributed by atoms with van der Waals surface area (Å²) < 4.78 is 27.2. The normalized spacial score (nSPS) is 15.9. The van der Waals surface area contributed by atoms with Crippen molar-refractivity contribution in [1.29, 1.82) is 0 Å². The summed E-state index contributed by atoms with van der Waals surface area (Å²) in [5.74, 6) is 2.55. The number of rotatable bonds is 9. The van der Waals surface area contributed by atoms with Gasteiger partial charge in [-0.1, -0.05) is 6.07 Å². The minimum Gasteiger partial charge on any atom is -0.496 e. The molecule has 2 aliphatic heterocycles. The maximum Gasteiger partial charge on any atom is 0.276 e. The molecule has 0 saturated carbocycles. The van der Waals surface area contributed by atoms with E-state index in [0.29, 0.717) is 53.4 Å². The van der Waals surface area contributed by atoms with E-state index in [1.165, 1.54) is 0 Å². The molecule has 0 atom stereocenters. The Labute approximate surface area is 191 Å². The molecule has 2 aliphatic rings. The number of nitrogens with one attached hydrogen (secondary N) is 1. The first-order chi connectivity index (χ1) is 15.6. The zero-order valence-corrected chi connectivity index (χ0v) is 18.7. The Morgan fingerprint density at radius 3 is 2.81 bits per heavy atom. The van der Waals surface area contributed by atoms with E-state index in [4.69, 9.17) is 35.9 Å². The Morgan fingerprint density at radius 2 is 2.00 bits per heavy atom. The highest BCUT2D eigenvalue weighted by Crippen LogP contribution is 2.35. The predicted molar refractivity (Wildman–Crippen MR) is 122 cm³/mol. The van der Waals surface area contributed by atoms with Crippen LogP contribution in [0.25, 0.3) is 6.08 Å². The molecule has 1 amide bonds. The lowest BCUT2D eigenvalue weighted by Crippen LogP contribution is -2.32. The van der Waals surface area contributed by atoms with Gasteiger partial charge in [0.15, 0.2) is 16.6 Å². The van der Waals surface area contributed by atoms with Gasteiger partial charge in [0, 0.05) is 31.9 Å². The maximum absolute atomic E-state index is 12.7. The molecule has 168 valence electrons. The molecule has 1 fully saturated rings. The van der Waals surface area contributed by atoms with E-state index in [0.717, 1.165) is 11.1 Å². The third kappa shape index (κ3) is 4.79. The molecule has 2 heterocycles. The van der Waals surface area contributed by atoms with Crippen LogP contribution in [0.5, 0.6) is 23.0 Å². The molecule has 8 nitrogen and oxygen atoms in total. The number of ether oxygens (including phenoxy) is 5. The van der Waals surface area contributed by atoms with Gasteiger partial charge < -0.3 is 29.0 Å². The summed E-state index contributed by atoms with van der Waals surface area (Å²) in [6.45, 7) is 1.57. The number of fused-ring (bicyclic) bond motifs is 1. The van der Waals surface area contributed by atoms with E-state index in [1.807, 2.05) is 30.3 Å². The Kier molecular flexibility index (Phi) is 6.77. The van der Waals surface area contributed by atoms with Gasteiger partial charge in [0.2, 0.25) is 6.79 Å². The summed E-state index contributed by atoms with van der Waals surface area (Å²) >= 11 is 5.31. The van der Waals surface area contributed by atoms with Crippen molar-refractivity contribution in [1.82, 2.24) is 10.2 Å². The van der Waals surface area contributed by atoms with Crippen molar-refractivity contribution in [3.8, 4) is 23.0 Å². The molecule has 0 aliphatic carbocycles. The van der Waals surface area contributed by atoms with Crippen LogP contribution in [0.4, 0.5) is 0 Å². The quantitative estimate of drug-likeness (QED) is 0.350. The average Bonchev–Trinajstić information content (AvgIpc) is 3.37. The zero-order chi connectivity index (χ0) is 22.5. The number of carbonyl (C=O) groups excluding carboxylic acids is 1. The fourth-order valence-corrected chi connectivity index (χ4v) is 3.72. The first-order valence-electron chi connectivity index (χ1n) is 10.1. The Bertz CT molecular complexity index is 1050. The van der Waals surface area contributed by atoms with E-state index in [-0.39, 0.29) is 19.3 Å². The van der Waals surface area contributed by atoms with Gasteiger partial charge in [-0.3, -0.25) is 9.69 Å². The fourth-order valence-electron chi connectivity index (χ4n) is 3.44. The second kappa shape index (κ2) is 9.88. The van der Waals surface area contributed by atoms with Crippen LogP contribution in [-0.4, -0.2) is 50.1 Å². The third-order valence-electron chi connectivity index (χ3n) is 5.05. The molecular weight excluding hydrogens is 432 g/mol. The Morgan fingerprint density at radius 1 is 1.16 bits per heavy atom. The van der Waals surface area contributed by atoms with Gasteiger partial charge >= 0.3 is 0 Å². The molecule has 0 unspecified atom stereocenters. The summed E-state index contributed by atoms with van der Waals surface area (Å²) in [7, 11) is 3.24. The largest absolute Gasteiger partial charge is 0.496 e. The van der Waals surface area contributed by atoms with E-state index in [9.17, 15) is 4.79 Å². The molecule has 1 N–H and O–H groups in total. The first kappa shape index (κ1) is 21.9. The minimum absolute atomic E-state index is 0.153. The van der Waals surface area contributed by atoms with Crippen molar-refractivity contribution in [3.63, 3.8) is 0 Å². The lowest BCUT2D eigenvalue weighted by atomic mass is 10.1. The first-order valence-corrected chi connectivity index (χ1v) is 10.5. The highest BCUT2D eigenvalue weighted by Gasteiger charge is 2.30. The van der Waals surface area contributed by atoms with Crippen molar-refractivity contribution >= 4 is 29.3 Å². The second-order valence-corrected chi connectivity index (χ2v) is 7.55. The summed E-state index contributed by atoms with van der Waals surface area (Å²) in [5, 5.41) is 3.40. The summed E-state index contributed by atoms with van der Waals surface area (Å²) in [4.78, 5) is 14.3. The van der Waals surface area contributed by atoms with Crippen molar-refractivity contribution in [2.45, 2.75) is 13.0 Å². The molecule has 4 rings (SSSR count). The molecule has 9 heteroatoms. The molecule has 2 aromatic carbocycles. The smallest absolute Gasteiger partial charge is 0.276 e. The van der Waals surface area contributed by atoms with Crippen molar-refractivity contribution in [2.75, 3.05) is 34.2 Å². The van der Waals surface area contributed by atoms with Crippen LogP contribution in [0.15, 0.2) is 42.1 Å². The fraction of sp³-hybridized carbons (Fsp3) is 0.304. The van der Waals surface area contributed by atoms with Gasteiger partial charge in [-0.2, -0.15) is 0 Å². The number of methoxy groups -OCH3 is 2. The highest BCUT2D eigenvalue weighted by atomic mass is 32.1. The van der Waals surface area contributed by atoms with E-state index in [2.05, 4.69) is 5.32 Å². The van der Waals surface area contributed by atoms with Gasteiger partial charge in [0.25, 0.3) is 5.91 Å². The number of hydrogen-bond acceptors (Lipinski definition) is 7. The van der Waals surface area contributed by atoms with Crippen molar-refractivity contribution < 1.29 is 28.5 Å². The van der Waals surface area contributed by atoms with Crippen molar-refractivity contribution in [3.05, 3.63) is 53.2 Å². The number of benzene rings is 2. The molecule has 0 radical (unpaired) electrons. The standard InChI is InChI=1S/C23H24N2O6S/c1-27-9-3-8-25-22(26)18(24-23(25)32)11-15-4-6-19(28-2)16(10-15)13-29-17-5-7-20-21(12-17)31-14-30-20/h4-7,10-12H,3,8-9,13-14H2,1-2H3,(H,24,32)/b18-11+. The van der Waals surface area contributed by atoms with E-state index in [1.54, 1.807) is 31.3 Å². The molecule has 2 aromatic rings. The van der Waals surface area contributed by atoms with Crippen LogP contribution < -0.4 is 24.3 Å². The average molecular weight is 457 g/mol. The Balaban J connectivity index is 1.48. The van der Waals surface area contributed by atoms with Gasteiger partial charge in [-0.05, 0) is 54.5 Å². The third-order valence-corrected chi connectivity index (χ3v) is 5.37. The molecular formula is C23H24N2O6S. The SMILES string of the molecule is COCCCN1C(=O)/C(=C\c2ccc(OC)c(COc3ccc4c(c3)OCO4)c2)NC1=S. The zero-order valence-electron chi connectivity index (χ0n) is 17.9. The number of amides is 1. The topological polar surface area (TPSA) is 78.5 Å². The van der Waals surface area contributed by atoms with Crippen LogP contribution in [-0.2, 0) is 16.1 Å². The summed E-state index contributed by atoms with van der Waals surface area (Å²) in [6.07, 6.45) is 2.48. The summed E-state index contributed by atoms with van der Waals surface area (Å²) in [5.41, 5.74) is 2.09. The maximum atomic E-state index is 12.7. The minimum atomic E-state index is -0.153. The number of hydrogen-bond donors (Lipinski definition) is 1. The lowest BCUT2D eigenvalue weighted by molar-refractivity contribution is -0.122.